The molecule has 7 heteroatoms. The average molecular weight is 353 g/mol. The van der Waals surface area contributed by atoms with Crippen LogP contribution in [0.4, 0.5) is 0 Å². The molecule has 0 aromatic heterocycles. The summed E-state index contributed by atoms with van der Waals surface area (Å²) < 4.78 is 10.5. The first-order valence-electron chi connectivity index (χ1n) is 6.63. The molecule has 5 nitrogen and oxygen atoms in total. The number of hydrazone groups is 1. The standard InChI is InChI=1S/C16H14Cl2N2O3/c1-22-14-7-2-3-8-15(14)23-10-16(21)20-19-9-11-12(17)5-4-6-13(11)18/h2-9H,10H2,1H3,(H,20,21)/b19-9+. The number of carbonyl (C=O) groups excluding carboxylic acids is 1. The van der Waals surface area contributed by atoms with Crippen LogP contribution in [0, 0.1) is 0 Å². The maximum Gasteiger partial charge on any atom is 0.277 e. The van der Waals surface area contributed by atoms with Gasteiger partial charge in [0, 0.05) is 5.56 Å². The number of nitrogens with zero attached hydrogens (tertiary/aromatic N) is 1. The van der Waals surface area contributed by atoms with Crippen molar-refractivity contribution >= 4 is 35.3 Å². The fourth-order valence-electron chi connectivity index (χ4n) is 1.72. The Kier molecular flexibility index (Phi) is 6.26. The molecule has 0 fully saturated rings. The Hall–Kier alpha value is -2.24. The predicted molar refractivity (Wildman–Crippen MR) is 90.7 cm³/mol. The molecular weight excluding hydrogens is 339 g/mol. The van der Waals surface area contributed by atoms with Crippen LogP contribution in [0.5, 0.6) is 11.5 Å². The van der Waals surface area contributed by atoms with Crippen LogP contribution in [0.2, 0.25) is 10.0 Å². The number of methoxy groups -OCH3 is 1. The van der Waals surface area contributed by atoms with Crippen LogP contribution in [0.3, 0.4) is 0 Å². The predicted octanol–water partition coefficient (Wildman–Crippen LogP) is 3.53. The van der Waals surface area contributed by atoms with Crippen LogP contribution < -0.4 is 14.9 Å². The van der Waals surface area contributed by atoms with Gasteiger partial charge in [-0.25, -0.2) is 5.43 Å². The topological polar surface area (TPSA) is 59.9 Å². The van der Waals surface area contributed by atoms with Crippen molar-refractivity contribution in [3.63, 3.8) is 0 Å². The number of halogens is 2. The van der Waals surface area contributed by atoms with Crippen molar-refractivity contribution in [2.24, 2.45) is 5.10 Å². The molecule has 0 aliphatic carbocycles. The summed E-state index contributed by atoms with van der Waals surface area (Å²) in [6.45, 7) is -0.200. The van der Waals surface area contributed by atoms with E-state index in [0.717, 1.165) is 0 Å². The molecule has 1 N–H and O–H groups in total. The second-order valence-electron chi connectivity index (χ2n) is 4.37. The van der Waals surface area contributed by atoms with Gasteiger partial charge in [0.05, 0.1) is 23.4 Å². The van der Waals surface area contributed by atoms with E-state index in [1.165, 1.54) is 13.3 Å². The summed E-state index contributed by atoms with van der Waals surface area (Å²) in [5, 5.41) is 4.70. The lowest BCUT2D eigenvalue weighted by Crippen LogP contribution is -2.24. The van der Waals surface area contributed by atoms with Crippen molar-refractivity contribution in [3.05, 3.63) is 58.1 Å². The molecule has 2 aromatic rings. The molecule has 0 bridgehead atoms. The van der Waals surface area contributed by atoms with Crippen molar-refractivity contribution in [3.8, 4) is 11.5 Å². The maximum absolute atomic E-state index is 11.7. The third-order valence-corrected chi connectivity index (χ3v) is 3.47. The molecule has 0 saturated carbocycles. The SMILES string of the molecule is COc1ccccc1OCC(=O)N/N=C/c1c(Cl)cccc1Cl. The van der Waals surface area contributed by atoms with E-state index >= 15 is 0 Å². The number of para-hydroxylation sites is 2. The molecule has 0 aliphatic rings. The van der Waals surface area contributed by atoms with E-state index in [1.54, 1.807) is 36.4 Å². The summed E-state index contributed by atoms with van der Waals surface area (Å²) in [4.78, 5) is 11.7. The van der Waals surface area contributed by atoms with Crippen LogP contribution >= 0.6 is 23.2 Å². The summed E-state index contributed by atoms with van der Waals surface area (Å²) in [5.41, 5.74) is 2.87. The van der Waals surface area contributed by atoms with E-state index in [-0.39, 0.29) is 6.61 Å². The van der Waals surface area contributed by atoms with Crippen LogP contribution in [0.1, 0.15) is 5.56 Å². The molecule has 0 unspecified atom stereocenters. The number of hydrogen-bond donors (Lipinski definition) is 1. The lowest BCUT2D eigenvalue weighted by atomic mass is 10.2. The molecule has 2 aromatic carbocycles. The zero-order valence-corrected chi connectivity index (χ0v) is 13.8. The van der Waals surface area contributed by atoms with Crippen LogP contribution in [-0.2, 0) is 4.79 Å². The number of hydrogen-bond acceptors (Lipinski definition) is 4. The number of benzene rings is 2. The molecular formula is C16H14Cl2N2O3. The molecule has 2 rings (SSSR count). The second-order valence-corrected chi connectivity index (χ2v) is 5.18. The molecule has 0 aliphatic heterocycles. The summed E-state index contributed by atoms with van der Waals surface area (Å²) in [6, 6.07) is 12.1. The summed E-state index contributed by atoms with van der Waals surface area (Å²) in [6.07, 6.45) is 1.38. The number of amides is 1. The number of ether oxygens (including phenoxy) is 2. The Labute approximate surface area is 143 Å². The highest BCUT2D eigenvalue weighted by molar-refractivity contribution is 6.38. The van der Waals surface area contributed by atoms with Gasteiger partial charge < -0.3 is 9.47 Å². The third-order valence-electron chi connectivity index (χ3n) is 2.81. The fourth-order valence-corrected chi connectivity index (χ4v) is 2.21. The highest BCUT2D eigenvalue weighted by atomic mass is 35.5. The number of rotatable bonds is 6. The Bertz CT molecular complexity index is 700. The van der Waals surface area contributed by atoms with Gasteiger partial charge in [0.25, 0.3) is 5.91 Å². The van der Waals surface area contributed by atoms with Gasteiger partial charge in [-0.05, 0) is 24.3 Å². The van der Waals surface area contributed by atoms with Gasteiger partial charge in [-0.3, -0.25) is 4.79 Å². The maximum atomic E-state index is 11.7. The average Bonchev–Trinajstić information content (AvgIpc) is 2.56. The minimum Gasteiger partial charge on any atom is -0.493 e. The zero-order chi connectivity index (χ0) is 16.7. The van der Waals surface area contributed by atoms with Crippen LogP contribution in [0.15, 0.2) is 47.6 Å². The quantitative estimate of drug-likeness (QED) is 0.638. The van der Waals surface area contributed by atoms with E-state index in [1.807, 2.05) is 6.07 Å². The summed E-state index contributed by atoms with van der Waals surface area (Å²) >= 11 is 12.0. The van der Waals surface area contributed by atoms with Crippen molar-refractivity contribution in [2.75, 3.05) is 13.7 Å². The Morgan fingerprint density at radius 2 is 1.78 bits per heavy atom. The van der Waals surface area contributed by atoms with Gasteiger partial charge >= 0.3 is 0 Å². The van der Waals surface area contributed by atoms with E-state index in [2.05, 4.69) is 10.5 Å². The molecule has 0 spiro atoms. The normalized spacial score (nSPS) is 10.6. The van der Waals surface area contributed by atoms with E-state index in [9.17, 15) is 4.79 Å². The van der Waals surface area contributed by atoms with Gasteiger partial charge in [-0.1, -0.05) is 41.4 Å². The second kappa shape index (κ2) is 8.41. The van der Waals surface area contributed by atoms with E-state index in [0.29, 0.717) is 27.1 Å². The molecule has 0 saturated heterocycles. The molecule has 1 amide bonds. The molecule has 23 heavy (non-hydrogen) atoms. The van der Waals surface area contributed by atoms with Crippen molar-refractivity contribution < 1.29 is 14.3 Å². The minimum absolute atomic E-state index is 0.200. The molecule has 120 valence electrons. The number of carbonyl (C=O) groups is 1. The van der Waals surface area contributed by atoms with Gasteiger partial charge in [-0.2, -0.15) is 5.10 Å². The first-order valence-corrected chi connectivity index (χ1v) is 7.39. The first kappa shape index (κ1) is 17.1. The van der Waals surface area contributed by atoms with Crippen molar-refractivity contribution in [1.82, 2.24) is 5.43 Å². The third kappa shape index (κ3) is 4.87. The lowest BCUT2D eigenvalue weighted by Gasteiger charge is -2.09. The molecule has 0 heterocycles. The zero-order valence-electron chi connectivity index (χ0n) is 12.3. The highest BCUT2D eigenvalue weighted by Crippen LogP contribution is 2.25. The van der Waals surface area contributed by atoms with Gasteiger partial charge in [0.2, 0.25) is 0 Å². The van der Waals surface area contributed by atoms with Gasteiger partial charge in [-0.15, -0.1) is 0 Å². The lowest BCUT2D eigenvalue weighted by molar-refractivity contribution is -0.123. The summed E-state index contributed by atoms with van der Waals surface area (Å²) in [7, 11) is 1.53. The highest BCUT2D eigenvalue weighted by Gasteiger charge is 2.06. The molecule has 0 radical (unpaired) electrons. The van der Waals surface area contributed by atoms with Crippen LogP contribution in [-0.4, -0.2) is 25.8 Å². The molecule has 0 atom stereocenters. The van der Waals surface area contributed by atoms with Crippen LogP contribution in [0.25, 0.3) is 0 Å². The Morgan fingerprint density at radius 1 is 1.13 bits per heavy atom. The minimum atomic E-state index is -0.421. The van der Waals surface area contributed by atoms with E-state index < -0.39 is 5.91 Å². The number of nitrogens with one attached hydrogen (secondary N) is 1. The van der Waals surface area contributed by atoms with Crippen molar-refractivity contribution in [1.29, 1.82) is 0 Å². The monoisotopic (exact) mass is 352 g/mol. The smallest absolute Gasteiger partial charge is 0.277 e. The van der Waals surface area contributed by atoms with Gasteiger partial charge in [0.1, 0.15) is 0 Å². The van der Waals surface area contributed by atoms with Crippen molar-refractivity contribution in [2.45, 2.75) is 0 Å². The van der Waals surface area contributed by atoms with Gasteiger partial charge in [0.15, 0.2) is 18.1 Å². The fraction of sp³-hybridized carbons (Fsp3) is 0.125. The largest absolute Gasteiger partial charge is 0.493 e. The Morgan fingerprint density at radius 3 is 2.43 bits per heavy atom. The van der Waals surface area contributed by atoms with E-state index in [4.69, 9.17) is 32.7 Å². The summed E-state index contributed by atoms with van der Waals surface area (Å²) in [5.74, 6) is 0.602. The Balaban J connectivity index is 1.89. The first-order chi connectivity index (χ1) is 11.1.